The van der Waals surface area contributed by atoms with Crippen molar-refractivity contribution in [1.29, 1.82) is 0 Å². The van der Waals surface area contributed by atoms with Gasteiger partial charge < -0.3 is 19.0 Å². The van der Waals surface area contributed by atoms with Crippen LogP contribution in [-0.2, 0) is 6.42 Å². The predicted octanol–water partition coefficient (Wildman–Crippen LogP) is 2.14. The van der Waals surface area contributed by atoms with Crippen molar-refractivity contribution in [2.75, 3.05) is 6.79 Å². The third-order valence-electron chi connectivity index (χ3n) is 2.78. The topological polar surface area (TPSA) is 86.0 Å². The second-order valence-corrected chi connectivity index (χ2v) is 4.14. The van der Waals surface area contributed by atoms with Crippen molar-refractivity contribution in [3.05, 3.63) is 52.1 Å². The fourth-order valence-electron chi connectivity index (χ4n) is 1.69. The lowest BCUT2D eigenvalue weighted by Gasteiger charge is -1.95. The van der Waals surface area contributed by atoms with Gasteiger partial charge in [-0.2, -0.15) is 0 Å². The Morgan fingerprint density at radius 1 is 1.24 bits per heavy atom. The summed E-state index contributed by atoms with van der Waals surface area (Å²) in [6.07, 6.45) is 2.59. The van der Waals surface area contributed by atoms with E-state index in [9.17, 15) is 9.59 Å². The quantitative estimate of drug-likeness (QED) is 0.853. The molecule has 1 aromatic carbocycles. The summed E-state index contributed by atoms with van der Waals surface area (Å²) in [6, 6.07) is 6.27. The van der Waals surface area contributed by atoms with E-state index in [2.05, 4.69) is 0 Å². The highest BCUT2D eigenvalue weighted by Crippen LogP contribution is 2.31. The van der Waals surface area contributed by atoms with Crippen molar-refractivity contribution >= 4 is 6.29 Å². The third-order valence-corrected chi connectivity index (χ3v) is 2.78. The average molecular weight is 290 g/mol. The summed E-state index contributed by atoms with van der Waals surface area (Å²) < 4.78 is 15.0. The minimum atomic E-state index is -0.386. The molecular formula is C15H14O6. The first-order valence-corrected chi connectivity index (χ1v) is 6.30. The molecule has 0 aliphatic carbocycles. The largest absolute Gasteiger partial charge is 0.502 e. The number of aromatic hydroxyl groups is 1. The van der Waals surface area contributed by atoms with Gasteiger partial charge in [0.2, 0.25) is 18.0 Å². The maximum Gasteiger partial charge on any atom is 0.231 e. The van der Waals surface area contributed by atoms with E-state index in [4.69, 9.17) is 19.0 Å². The highest BCUT2D eigenvalue weighted by molar-refractivity contribution is 5.76. The number of carbonyl (C=O) groups excluding carboxylic acids is 1. The first kappa shape index (κ1) is 14.6. The summed E-state index contributed by atoms with van der Waals surface area (Å²) >= 11 is 0. The summed E-state index contributed by atoms with van der Waals surface area (Å²) in [5.41, 5.74) is 0.220. The molecule has 1 aliphatic heterocycles. The molecule has 3 rings (SSSR count). The van der Waals surface area contributed by atoms with E-state index in [1.807, 2.05) is 0 Å². The highest BCUT2D eigenvalue weighted by Gasteiger charge is 2.12. The summed E-state index contributed by atoms with van der Waals surface area (Å²) in [4.78, 5) is 21.0. The van der Waals surface area contributed by atoms with Crippen molar-refractivity contribution in [2.45, 2.75) is 13.3 Å². The zero-order chi connectivity index (χ0) is 15.2. The Kier molecular flexibility index (Phi) is 4.61. The van der Waals surface area contributed by atoms with E-state index in [0.717, 1.165) is 6.29 Å². The van der Waals surface area contributed by atoms with E-state index in [0.29, 0.717) is 29.2 Å². The Bertz CT molecular complexity index is 689. The van der Waals surface area contributed by atoms with Crippen LogP contribution in [0.3, 0.4) is 0 Å². The minimum absolute atomic E-state index is 0.248. The van der Waals surface area contributed by atoms with Gasteiger partial charge in [0.15, 0.2) is 11.5 Å². The highest BCUT2D eigenvalue weighted by atomic mass is 16.7. The van der Waals surface area contributed by atoms with Crippen molar-refractivity contribution in [3.63, 3.8) is 0 Å². The Morgan fingerprint density at radius 3 is 2.67 bits per heavy atom. The number of aldehydes is 1. The molecule has 0 saturated carbocycles. The molecule has 0 radical (unpaired) electrons. The fourth-order valence-corrected chi connectivity index (χ4v) is 1.69. The molecule has 2 heterocycles. The summed E-state index contributed by atoms with van der Waals surface area (Å²) in [5, 5.41) is 8.99. The van der Waals surface area contributed by atoms with Gasteiger partial charge >= 0.3 is 0 Å². The van der Waals surface area contributed by atoms with Crippen LogP contribution in [0.15, 0.2) is 39.7 Å². The van der Waals surface area contributed by atoms with Crippen molar-refractivity contribution in [1.82, 2.24) is 0 Å². The number of benzene rings is 1. The second-order valence-electron chi connectivity index (χ2n) is 4.14. The summed E-state index contributed by atoms with van der Waals surface area (Å²) in [6.45, 7) is 2.05. The van der Waals surface area contributed by atoms with Gasteiger partial charge in [0, 0.05) is 18.1 Å². The molecule has 0 bridgehead atoms. The Morgan fingerprint density at radius 2 is 2.00 bits per heavy atom. The van der Waals surface area contributed by atoms with E-state index in [1.54, 1.807) is 25.1 Å². The number of hydrogen-bond acceptors (Lipinski definition) is 6. The van der Waals surface area contributed by atoms with Crippen LogP contribution in [0.4, 0.5) is 0 Å². The van der Waals surface area contributed by atoms with Gasteiger partial charge in [-0.25, -0.2) is 0 Å². The van der Waals surface area contributed by atoms with Crippen LogP contribution in [0.1, 0.15) is 23.0 Å². The normalized spacial score (nSPS) is 11.5. The maximum atomic E-state index is 10.7. The first-order chi connectivity index (χ1) is 10.2. The lowest BCUT2D eigenvalue weighted by molar-refractivity contribution is 0.112. The van der Waals surface area contributed by atoms with Crippen LogP contribution in [0.5, 0.6) is 17.2 Å². The van der Waals surface area contributed by atoms with Crippen LogP contribution < -0.4 is 14.9 Å². The number of rotatable bonds is 2. The molecule has 6 nitrogen and oxygen atoms in total. The molecule has 21 heavy (non-hydrogen) atoms. The average Bonchev–Trinajstić information content (AvgIpc) is 2.98. The summed E-state index contributed by atoms with van der Waals surface area (Å²) in [7, 11) is 0. The molecule has 0 fully saturated rings. The monoisotopic (exact) mass is 290 g/mol. The van der Waals surface area contributed by atoms with Crippen molar-refractivity contribution in [2.24, 2.45) is 0 Å². The van der Waals surface area contributed by atoms with Crippen LogP contribution in [0.25, 0.3) is 0 Å². The number of aryl methyl sites for hydroxylation is 1. The number of fused-ring (bicyclic) bond motifs is 1. The molecule has 0 unspecified atom stereocenters. The van der Waals surface area contributed by atoms with E-state index in [1.165, 1.54) is 12.3 Å². The van der Waals surface area contributed by atoms with Crippen LogP contribution in [0, 0.1) is 0 Å². The maximum absolute atomic E-state index is 10.7. The third kappa shape index (κ3) is 3.42. The van der Waals surface area contributed by atoms with E-state index >= 15 is 0 Å². The smallest absolute Gasteiger partial charge is 0.231 e. The van der Waals surface area contributed by atoms with E-state index in [-0.39, 0.29) is 18.0 Å². The standard InChI is InChI=1S/C8H6O3.C7H8O3/c9-4-6-1-2-7-8(3-6)11-5-10-7;1-2-6-7(9)5(8)3-4-10-6/h1-4H,5H2;3-4,9H,2H2,1H3. The lowest BCUT2D eigenvalue weighted by Crippen LogP contribution is -1.99. The lowest BCUT2D eigenvalue weighted by atomic mass is 10.2. The zero-order valence-electron chi connectivity index (χ0n) is 11.4. The Labute approximate surface area is 120 Å². The van der Waals surface area contributed by atoms with Crippen LogP contribution in [-0.4, -0.2) is 18.2 Å². The van der Waals surface area contributed by atoms with Gasteiger partial charge in [-0.1, -0.05) is 6.92 Å². The van der Waals surface area contributed by atoms with E-state index < -0.39 is 0 Å². The molecule has 2 aromatic rings. The molecule has 0 spiro atoms. The molecule has 6 heteroatoms. The van der Waals surface area contributed by atoms with Gasteiger partial charge in [0.25, 0.3) is 0 Å². The fraction of sp³-hybridized carbons (Fsp3) is 0.200. The van der Waals surface area contributed by atoms with Crippen molar-refractivity contribution in [3.8, 4) is 17.2 Å². The van der Waals surface area contributed by atoms with Gasteiger partial charge in [-0.05, 0) is 18.2 Å². The second kappa shape index (κ2) is 6.60. The van der Waals surface area contributed by atoms with Gasteiger partial charge in [-0.3, -0.25) is 9.59 Å². The van der Waals surface area contributed by atoms with Gasteiger partial charge in [0.05, 0.1) is 6.26 Å². The summed E-state index contributed by atoms with van der Waals surface area (Å²) in [5.74, 6) is 1.42. The zero-order valence-corrected chi connectivity index (χ0v) is 11.4. The molecule has 1 aromatic heterocycles. The van der Waals surface area contributed by atoms with Gasteiger partial charge in [-0.15, -0.1) is 0 Å². The molecule has 1 aliphatic rings. The molecule has 0 amide bonds. The number of ether oxygens (including phenoxy) is 2. The van der Waals surface area contributed by atoms with Crippen LogP contribution in [0.2, 0.25) is 0 Å². The number of carbonyl (C=O) groups is 1. The predicted molar refractivity (Wildman–Crippen MR) is 74.0 cm³/mol. The Hall–Kier alpha value is -2.76. The molecular weight excluding hydrogens is 276 g/mol. The molecule has 0 saturated heterocycles. The SMILES string of the molecule is CCc1occc(=O)c1O.O=Cc1ccc2c(c1)OCO2. The Balaban J connectivity index is 0.000000155. The first-order valence-electron chi connectivity index (χ1n) is 6.30. The number of hydrogen-bond donors (Lipinski definition) is 1. The van der Waals surface area contributed by atoms with Crippen molar-refractivity contribution < 1.29 is 23.8 Å². The minimum Gasteiger partial charge on any atom is -0.502 e. The molecule has 110 valence electrons. The van der Waals surface area contributed by atoms with Gasteiger partial charge in [0.1, 0.15) is 12.0 Å². The molecule has 1 N–H and O–H groups in total. The molecule has 0 atom stereocenters. The van der Waals surface area contributed by atoms with Crippen LogP contribution >= 0.6 is 0 Å².